The number of aromatic nitrogens is 2. The lowest BCUT2D eigenvalue weighted by Gasteiger charge is -2.32. The summed E-state index contributed by atoms with van der Waals surface area (Å²) in [6.07, 6.45) is 1.76. The van der Waals surface area contributed by atoms with Gasteiger partial charge in [0.15, 0.2) is 5.82 Å². The minimum atomic E-state index is 0.833. The van der Waals surface area contributed by atoms with Gasteiger partial charge in [0.1, 0.15) is 0 Å². The molecular weight excluding hydrogens is 190 g/mol. The van der Waals surface area contributed by atoms with Crippen LogP contribution in [0.2, 0.25) is 0 Å². The number of nitrogens with one attached hydrogen (secondary N) is 1. The third-order valence-corrected chi connectivity index (χ3v) is 2.57. The predicted molar refractivity (Wildman–Crippen MR) is 59.5 cm³/mol. The van der Waals surface area contributed by atoms with Gasteiger partial charge in [-0.2, -0.15) is 5.10 Å². The molecule has 0 atom stereocenters. The molecule has 1 saturated heterocycles. The Morgan fingerprint density at radius 3 is 2.67 bits per heavy atom. The van der Waals surface area contributed by atoms with Crippen LogP contribution in [-0.2, 0) is 0 Å². The average Bonchev–Trinajstić information content (AvgIpc) is 2.22. The Hall–Kier alpha value is -1.20. The maximum atomic E-state index is 4.04. The number of rotatable bonds is 2. The first-order valence-electron chi connectivity index (χ1n) is 5.23. The molecule has 1 aromatic heterocycles. The lowest BCUT2D eigenvalue weighted by atomic mass is 10.3. The number of piperazine rings is 1. The summed E-state index contributed by atoms with van der Waals surface area (Å²) in [6.45, 7) is 6.24. The molecule has 15 heavy (non-hydrogen) atoms. The van der Waals surface area contributed by atoms with E-state index >= 15 is 0 Å². The fraction of sp³-hybridized carbons (Fsp3) is 0.600. The molecule has 2 rings (SSSR count). The lowest BCUT2D eigenvalue weighted by Crippen LogP contribution is -2.47. The van der Waals surface area contributed by atoms with Gasteiger partial charge in [0, 0.05) is 26.2 Å². The Labute approximate surface area is 90.1 Å². The van der Waals surface area contributed by atoms with Crippen molar-refractivity contribution in [2.24, 2.45) is 0 Å². The third-order valence-electron chi connectivity index (χ3n) is 2.57. The minimum absolute atomic E-state index is 0.833. The second kappa shape index (κ2) is 4.55. The highest BCUT2D eigenvalue weighted by Crippen LogP contribution is 2.06. The molecule has 82 valence electrons. The van der Waals surface area contributed by atoms with Gasteiger partial charge in [-0.3, -0.25) is 0 Å². The van der Waals surface area contributed by atoms with Crippen molar-refractivity contribution in [1.82, 2.24) is 20.1 Å². The smallest absolute Gasteiger partial charge is 0.163 e. The van der Waals surface area contributed by atoms with E-state index in [1.807, 2.05) is 13.0 Å². The molecular formula is C10H17N5. The molecule has 1 aliphatic heterocycles. The summed E-state index contributed by atoms with van der Waals surface area (Å²) >= 11 is 0. The molecule has 5 heteroatoms. The van der Waals surface area contributed by atoms with Gasteiger partial charge in [-0.25, -0.2) is 5.01 Å². The van der Waals surface area contributed by atoms with Crippen LogP contribution in [0.4, 0.5) is 5.82 Å². The zero-order chi connectivity index (χ0) is 10.7. The molecule has 1 N–H and O–H groups in total. The summed E-state index contributed by atoms with van der Waals surface area (Å²) in [5.74, 6) is 0.833. The Bertz CT molecular complexity index is 319. The summed E-state index contributed by atoms with van der Waals surface area (Å²) in [4.78, 5) is 2.32. The van der Waals surface area contributed by atoms with E-state index in [1.54, 1.807) is 6.20 Å². The van der Waals surface area contributed by atoms with Crippen LogP contribution in [0.1, 0.15) is 5.56 Å². The molecule has 0 bridgehead atoms. The molecule has 0 aliphatic carbocycles. The number of nitrogens with zero attached hydrogens (tertiary/aromatic N) is 4. The summed E-state index contributed by atoms with van der Waals surface area (Å²) in [7, 11) is 2.14. The van der Waals surface area contributed by atoms with Gasteiger partial charge in [-0.15, -0.1) is 5.10 Å². The highest BCUT2D eigenvalue weighted by atomic mass is 15.5. The van der Waals surface area contributed by atoms with Crippen LogP contribution >= 0.6 is 0 Å². The predicted octanol–water partition coefficient (Wildman–Crippen LogP) is 0.359. The lowest BCUT2D eigenvalue weighted by molar-refractivity contribution is 0.178. The van der Waals surface area contributed by atoms with Crippen LogP contribution in [-0.4, -0.2) is 53.3 Å². The van der Waals surface area contributed by atoms with E-state index in [0.717, 1.165) is 37.6 Å². The summed E-state index contributed by atoms with van der Waals surface area (Å²) in [5, 5.41) is 10.1. The second-order valence-corrected chi connectivity index (χ2v) is 4.02. The van der Waals surface area contributed by atoms with E-state index in [2.05, 4.69) is 32.6 Å². The van der Waals surface area contributed by atoms with Crippen LogP contribution in [0.15, 0.2) is 12.3 Å². The van der Waals surface area contributed by atoms with Gasteiger partial charge in [0.05, 0.1) is 6.20 Å². The maximum absolute atomic E-state index is 4.04. The molecule has 1 fully saturated rings. The zero-order valence-electron chi connectivity index (χ0n) is 9.27. The molecule has 0 spiro atoms. The van der Waals surface area contributed by atoms with Crippen LogP contribution in [0, 0.1) is 6.92 Å². The van der Waals surface area contributed by atoms with Crippen LogP contribution in [0.25, 0.3) is 0 Å². The highest BCUT2D eigenvalue weighted by molar-refractivity contribution is 5.33. The van der Waals surface area contributed by atoms with E-state index in [0.29, 0.717) is 0 Å². The van der Waals surface area contributed by atoms with Gasteiger partial charge in [-0.1, -0.05) is 0 Å². The molecule has 1 aliphatic rings. The Morgan fingerprint density at radius 1 is 1.27 bits per heavy atom. The molecule has 0 radical (unpaired) electrons. The summed E-state index contributed by atoms with van der Waals surface area (Å²) in [6, 6.07) is 2.01. The van der Waals surface area contributed by atoms with Gasteiger partial charge < -0.3 is 10.3 Å². The van der Waals surface area contributed by atoms with Crippen LogP contribution < -0.4 is 5.43 Å². The van der Waals surface area contributed by atoms with E-state index in [-0.39, 0.29) is 0 Å². The number of hydrogen-bond donors (Lipinski definition) is 1. The topological polar surface area (TPSA) is 44.3 Å². The van der Waals surface area contributed by atoms with Crippen molar-refractivity contribution in [3.8, 4) is 0 Å². The second-order valence-electron chi connectivity index (χ2n) is 4.02. The zero-order valence-corrected chi connectivity index (χ0v) is 9.27. The number of aryl methyl sites for hydroxylation is 1. The van der Waals surface area contributed by atoms with Crippen LogP contribution in [0.5, 0.6) is 0 Å². The fourth-order valence-electron chi connectivity index (χ4n) is 1.60. The quantitative estimate of drug-likeness (QED) is 0.758. The molecule has 2 heterocycles. The van der Waals surface area contributed by atoms with Crippen molar-refractivity contribution >= 4 is 5.82 Å². The van der Waals surface area contributed by atoms with Crippen molar-refractivity contribution in [1.29, 1.82) is 0 Å². The van der Waals surface area contributed by atoms with Gasteiger partial charge in [-0.05, 0) is 25.6 Å². The fourth-order valence-corrected chi connectivity index (χ4v) is 1.60. The van der Waals surface area contributed by atoms with E-state index in [4.69, 9.17) is 0 Å². The number of hydrogen-bond acceptors (Lipinski definition) is 5. The van der Waals surface area contributed by atoms with Crippen molar-refractivity contribution in [3.05, 3.63) is 17.8 Å². The molecule has 0 amide bonds. The van der Waals surface area contributed by atoms with Crippen molar-refractivity contribution in [2.45, 2.75) is 6.92 Å². The highest BCUT2D eigenvalue weighted by Gasteiger charge is 2.13. The molecule has 1 aromatic rings. The number of anilines is 1. The van der Waals surface area contributed by atoms with Gasteiger partial charge in [0.2, 0.25) is 0 Å². The Morgan fingerprint density at radius 2 is 2.00 bits per heavy atom. The first kappa shape index (κ1) is 10.3. The number of likely N-dealkylation sites (N-methyl/N-ethyl adjacent to an activating group) is 1. The largest absolute Gasteiger partial charge is 0.304 e. The van der Waals surface area contributed by atoms with E-state index in [9.17, 15) is 0 Å². The molecule has 5 nitrogen and oxygen atoms in total. The summed E-state index contributed by atoms with van der Waals surface area (Å²) < 4.78 is 0. The van der Waals surface area contributed by atoms with Gasteiger partial charge >= 0.3 is 0 Å². The molecule has 0 unspecified atom stereocenters. The third kappa shape index (κ3) is 2.87. The first-order chi connectivity index (χ1) is 7.24. The first-order valence-corrected chi connectivity index (χ1v) is 5.23. The number of hydrazine groups is 1. The van der Waals surface area contributed by atoms with E-state index < -0.39 is 0 Å². The maximum Gasteiger partial charge on any atom is 0.163 e. The van der Waals surface area contributed by atoms with Crippen molar-refractivity contribution in [2.75, 3.05) is 38.7 Å². The Balaban J connectivity index is 1.92. The summed E-state index contributed by atoms with van der Waals surface area (Å²) in [5.41, 5.74) is 4.40. The minimum Gasteiger partial charge on any atom is -0.304 e. The standard InChI is InChI=1S/C10H17N5/c1-9-7-10(12-11-8-9)13-15-5-3-14(2)4-6-15/h7-8H,3-6H2,1-2H3,(H,12,13). The molecule has 0 saturated carbocycles. The Kier molecular flexibility index (Phi) is 3.13. The monoisotopic (exact) mass is 207 g/mol. The average molecular weight is 207 g/mol. The normalized spacial score (nSPS) is 19.1. The van der Waals surface area contributed by atoms with E-state index in [1.165, 1.54) is 0 Å². The SMILES string of the molecule is Cc1cnnc(NN2CCN(C)CC2)c1. The van der Waals surface area contributed by atoms with Crippen LogP contribution in [0.3, 0.4) is 0 Å². The van der Waals surface area contributed by atoms with Crippen molar-refractivity contribution < 1.29 is 0 Å². The molecule has 0 aromatic carbocycles. The van der Waals surface area contributed by atoms with Crippen molar-refractivity contribution in [3.63, 3.8) is 0 Å². The van der Waals surface area contributed by atoms with Gasteiger partial charge in [0.25, 0.3) is 0 Å².